The molecule has 7 nitrogen and oxygen atoms in total. The van der Waals surface area contributed by atoms with E-state index in [1.54, 1.807) is 25.3 Å². The summed E-state index contributed by atoms with van der Waals surface area (Å²) in [5.74, 6) is 0.962. The number of carbonyl (C=O) groups is 1. The Morgan fingerprint density at radius 3 is 2.53 bits per heavy atom. The Labute approximate surface area is 229 Å². The zero-order valence-electron chi connectivity index (χ0n) is 22.5. The molecule has 2 heterocycles. The zero-order chi connectivity index (χ0) is 26.8. The number of hydrogen-bond acceptors (Lipinski definition) is 7. The largest absolute Gasteiger partial charge is 0.503 e. The van der Waals surface area contributed by atoms with Crippen LogP contribution < -0.4 is 10.1 Å². The molecule has 202 valence electrons. The zero-order valence-corrected chi connectivity index (χ0v) is 23.2. The molecule has 0 atom stereocenters. The van der Waals surface area contributed by atoms with E-state index in [0.717, 1.165) is 59.6 Å². The van der Waals surface area contributed by atoms with Crippen molar-refractivity contribution in [2.75, 3.05) is 52.2 Å². The Morgan fingerprint density at radius 1 is 1.11 bits per heavy atom. The van der Waals surface area contributed by atoms with Gasteiger partial charge in [0.15, 0.2) is 17.3 Å². The first-order chi connectivity index (χ1) is 18.3. The van der Waals surface area contributed by atoms with Gasteiger partial charge in [-0.15, -0.1) is 0 Å². The number of phenols is 1. The van der Waals surface area contributed by atoms with Gasteiger partial charge in [-0.3, -0.25) is 9.78 Å². The molecule has 5 rings (SSSR count). The van der Waals surface area contributed by atoms with Crippen molar-refractivity contribution in [3.63, 3.8) is 0 Å². The fourth-order valence-electron chi connectivity index (χ4n) is 5.78. The number of ketones is 1. The van der Waals surface area contributed by atoms with E-state index < -0.39 is 0 Å². The summed E-state index contributed by atoms with van der Waals surface area (Å²) in [6.45, 7) is 7.44. The number of carbonyl (C=O) groups excluding carboxylic acids is 1. The highest BCUT2D eigenvalue weighted by molar-refractivity contribution is 6.32. The van der Waals surface area contributed by atoms with E-state index in [0.29, 0.717) is 17.4 Å². The lowest BCUT2D eigenvalue weighted by atomic mass is 9.85. The average Bonchev–Trinajstić information content (AvgIpc) is 2.92. The van der Waals surface area contributed by atoms with Gasteiger partial charge in [0, 0.05) is 50.3 Å². The molecule has 2 fully saturated rings. The highest BCUT2D eigenvalue weighted by Crippen LogP contribution is 2.40. The summed E-state index contributed by atoms with van der Waals surface area (Å²) in [5, 5.41) is 15.0. The molecule has 1 aromatic heterocycles. The second kappa shape index (κ2) is 11.5. The molecule has 1 saturated heterocycles. The Morgan fingerprint density at radius 2 is 1.84 bits per heavy atom. The minimum absolute atomic E-state index is 0.00889. The highest BCUT2D eigenvalue weighted by Gasteiger charge is 2.26. The number of fused-ring (bicyclic) bond motifs is 1. The maximum atomic E-state index is 12.6. The summed E-state index contributed by atoms with van der Waals surface area (Å²) in [4.78, 5) is 22.2. The predicted molar refractivity (Wildman–Crippen MR) is 154 cm³/mol. The second-order valence-corrected chi connectivity index (χ2v) is 11.2. The van der Waals surface area contributed by atoms with Crippen molar-refractivity contribution in [3.05, 3.63) is 47.1 Å². The third-order valence-electron chi connectivity index (χ3n) is 8.14. The van der Waals surface area contributed by atoms with Gasteiger partial charge in [0.1, 0.15) is 0 Å². The van der Waals surface area contributed by atoms with Crippen LogP contribution in [0, 0.1) is 5.92 Å². The molecular weight excluding hydrogens is 500 g/mol. The van der Waals surface area contributed by atoms with Crippen LogP contribution in [0.15, 0.2) is 36.5 Å². The quantitative estimate of drug-likeness (QED) is 0.375. The van der Waals surface area contributed by atoms with E-state index in [2.05, 4.69) is 27.1 Å². The molecule has 0 bridgehead atoms. The SMILES string of the molecule is COc1cc(-c2ccc3ncc(C(C)=O)c(N[C@H]4CC[C@H](CN5CCN(C)CC5)CC4)c3c2)cc(Cl)c1O. The summed E-state index contributed by atoms with van der Waals surface area (Å²) in [6.07, 6.45) is 6.25. The van der Waals surface area contributed by atoms with Gasteiger partial charge >= 0.3 is 0 Å². The van der Waals surface area contributed by atoms with Crippen molar-refractivity contribution in [1.29, 1.82) is 0 Å². The summed E-state index contributed by atoms with van der Waals surface area (Å²) < 4.78 is 5.30. The van der Waals surface area contributed by atoms with Crippen LogP contribution in [0.3, 0.4) is 0 Å². The third-order valence-corrected chi connectivity index (χ3v) is 8.42. The van der Waals surface area contributed by atoms with Crippen molar-refractivity contribution in [2.24, 2.45) is 5.92 Å². The first-order valence-electron chi connectivity index (χ1n) is 13.5. The Kier molecular flexibility index (Phi) is 8.07. The number of likely N-dealkylation sites (N-methyl/N-ethyl adjacent to an activating group) is 1. The Balaban J connectivity index is 1.38. The normalized spacial score (nSPS) is 20.9. The van der Waals surface area contributed by atoms with E-state index in [1.165, 1.54) is 39.6 Å². The number of nitrogens with zero attached hydrogens (tertiary/aromatic N) is 3. The molecule has 1 saturated carbocycles. The van der Waals surface area contributed by atoms with Gasteiger partial charge in [-0.05, 0) is 81.0 Å². The molecule has 2 N–H and O–H groups in total. The molecule has 3 aromatic rings. The number of hydrogen-bond donors (Lipinski definition) is 2. The average molecular weight is 537 g/mol. The minimum Gasteiger partial charge on any atom is -0.503 e. The lowest BCUT2D eigenvalue weighted by Gasteiger charge is -2.37. The van der Waals surface area contributed by atoms with Crippen LogP contribution in [-0.4, -0.2) is 78.6 Å². The van der Waals surface area contributed by atoms with Crippen molar-refractivity contribution in [3.8, 4) is 22.6 Å². The molecular formula is C30H37ClN4O3. The fourth-order valence-corrected chi connectivity index (χ4v) is 5.99. The molecule has 1 aliphatic carbocycles. The number of Topliss-reactive ketones (excluding diaryl/α,β-unsaturated/α-hetero) is 1. The molecule has 0 unspecified atom stereocenters. The molecule has 0 amide bonds. The number of halogens is 1. The maximum absolute atomic E-state index is 12.6. The van der Waals surface area contributed by atoms with Crippen molar-refractivity contribution in [1.82, 2.24) is 14.8 Å². The van der Waals surface area contributed by atoms with E-state index >= 15 is 0 Å². The van der Waals surface area contributed by atoms with Crippen molar-refractivity contribution >= 4 is 34.0 Å². The van der Waals surface area contributed by atoms with Crippen LogP contribution in [0.2, 0.25) is 5.02 Å². The number of phenolic OH excluding ortho intramolecular Hbond substituents is 1. The first-order valence-corrected chi connectivity index (χ1v) is 13.9. The fraction of sp³-hybridized carbons (Fsp3) is 0.467. The van der Waals surface area contributed by atoms with Gasteiger partial charge in [-0.1, -0.05) is 17.7 Å². The molecule has 38 heavy (non-hydrogen) atoms. The number of ether oxygens (including phenoxy) is 1. The van der Waals surface area contributed by atoms with Gasteiger partial charge in [-0.2, -0.15) is 0 Å². The summed E-state index contributed by atoms with van der Waals surface area (Å²) in [7, 11) is 3.70. The van der Waals surface area contributed by atoms with Crippen LogP contribution in [0.1, 0.15) is 43.0 Å². The van der Waals surface area contributed by atoms with Gasteiger partial charge in [0.05, 0.1) is 28.9 Å². The summed E-state index contributed by atoms with van der Waals surface area (Å²) in [5.41, 5.74) is 4.00. The smallest absolute Gasteiger partial charge is 0.176 e. The predicted octanol–water partition coefficient (Wildman–Crippen LogP) is 5.69. The van der Waals surface area contributed by atoms with E-state index in [1.807, 2.05) is 18.2 Å². The summed E-state index contributed by atoms with van der Waals surface area (Å²) in [6, 6.07) is 9.77. The van der Waals surface area contributed by atoms with E-state index in [4.69, 9.17) is 16.3 Å². The van der Waals surface area contributed by atoms with Gasteiger partial charge in [0.25, 0.3) is 0 Å². The van der Waals surface area contributed by atoms with Crippen LogP contribution in [0.4, 0.5) is 5.69 Å². The number of nitrogens with one attached hydrogen (secondary N) is 1. The van der Waals surface area contributed by atoms with Crippen LogP contribution in [0.25, 0.3) is 22.0 Å². The summed E-state index contributed by atoms with van der Waals surface area (Å²) >= 11 is 6.27. The lowest BCUT2D eigenvalue weighted by Crippen LogP contribution is -2.46. The highest BCUT2D eigenvalue weighted by atomic mass is 35.5. The molecule has 8 heteroatoms. The minimum atomic E-state index is -0.0789. The number of pyridine rings is 1. The first kappa shape index (κ1) is 26.7. The molecule has 1 aliphatic heterocycles. The van der Waals surface area contributed by atoms with E-state index in [-0.39, 0.29) is 16.6 Å². The number of piperazine rings is 1. The second-order valence-electron chi connectivity index (χ2n) is 10.8. The monoisotopic (exact) mass is 536 g/mol. The Bertz CT molecular complexity index is 1310. The van der Waals surface area contributed by atoms with E-state index in [9.17, 15) is 9.90 Å². The molecule has 2 aliphatic rings. The van der Waals surface area contributed by atoms with Crippen LogP contribution >= 0.6 is 11.6 Å². The number of rotatable bonds is 7. The van der Waals surface area contributed by atoms with Crippen molar-refractivity contribution < 1.29 is 14.6 Å². The number of methoxy groups -OCH3 is 1. The van der Waals surface area contributed by atoms with Crippen LogP contribution in [-0.2, 0) is 0 Å². The van der Waals surface area contributed by atoms with Gasteiger partial charge < -0.3 is 25.0 Å². The van der Waals surface area contributed by atoms with Gasteiger partial charge in [-0.25, -0.2) is 0 Å². The van der Waals surface area contributed by atoms with Crippen molar-refractivity contribution in [2.45, 2.75) is 38.6 Å². The molecule has 2 aromatic carbocycles. The lowest BCUT2D eigenvalue weighted by molar-refractivity contribution is 0.101. The number of aromatic nitrogens is 1. The number of anilines is 1. The molecule has 0 radical (unpaired) electrons. The van der Waals surface area contributed by atoms with Crippen LogP contribution in [0.5, 0.6) is 11.5 Å². The number of aromatic hydroxyl groups is 1. The number of benzene rings is 2. The topological polar surface area (TPSA) is 77.9 Å². The van der Waals surface area contributed by atoms with Gasteiger partial charge in [0.2, 0.25) is 0 Å². The standard InChI is InChI=1S/C30H37ClN4O3/c1-19(36)25-17-32-27-9-6-21(22-15-26(31)30(37)28(16-22)38-3)14-24(27)29(25)33-23-7-4-20(5-8-23)18-35-12-10-34(2)11-13-35/h6,9,14-17,20,23,37H,4-5,7-8,10-13,18H2,1-3H3,(H,32,33)/t20-,23-. The molecule has 0 spiro atoms. The third kappa shape index (κ3) is 5.75. The maximum Gasteiger partial charge on any atom is 0.176 e. The Hall–Kier alpha value is -2.87.